The summed E-state index contributed by atoms with van der Waals surface area (Å²) < 4.78 is 15.8. The lowest BCUT2D eigenvalue weighted by atomic mass is 9.66. The quantitative estimate of drug-likeness (QED) is 0.553. The molecule has 1 saturated heterocycles. The van der Waals surface area contributed by atoms with Crippen LogP contribution in [-0.2, 0) is 4.79 Å². The summed E-state index contributed by atoms with van der Waals surface area (Å²) in [6.07, 6.45) is 3.66. The number of nitrogens with zero attached hydrogens (tertiary/aromatic N) is 3. The Labute approximate surface area is 189 Å². The van der Waals surface area contributed by atoms with Crippen molar-refractivity contribution in [3.8, 4) is 12.1 Å². The molecule has 0 spiro atoms. The summed E-state index contributed by atoms with van der Waals surface area (Å²) in [6.45, 7) is 5.42. The van der Waals surface area contributed by atoms with Crippen LogP contribution in [0.3, 0.4) is 0 Å². The van der Waals surface area contributed by atoms with E-state index in [-0.39, 0.29) is 11.3 Å². The maximum Gasteiger partial charge on any atom is 0.177 e. The number of carbonyl (C=O) groups is 1. The predicted octanol–water partition coefficient (Wildman–Crippen LogP) is 5.73. The average molecular weight is 478 g/mol. The van der Waals surface area contributed by atoms with Crippen molar-refractivity contribution in [2.45, 2.75) is 38.8 Å². The molecule has 2 aliphatic heterocycles. The highest BCUT2D eigenvalue weighted by Gasteiger charge is 2.65. The molecule has 3 unspecified atom stereocenters. The van der Waals surface area contributed by atoms with Gasteiger partial charge in [-0.2, -0.15) is 10.5 Å². The van der Waals surface area contributed by atoms with Crippen molar-refractivity contribution in [1.82, 2.24) is 4.90 Å². The topological polar surface area (TPSA) is 67.9 Å². The highest BCUT2D eigenvalue weighted by molar-refractivity contribution is 9.10. The third-order valence-electron chi connectivity index (χ3n) is 6.25. The van der Waals surface area contributed by atoms with E-state index in [0.717, 1.165) is 11.1 Å². The summed E-state index contributed by atoms with van der Waals surface area (Å²) in [5, 5.41) is 20.8. The number of hydrogen-bond acceptors (Lipinski definition) is 4. The van der Waals surface area contributed by atoms with Gasteiger partial charge in [0.1, 0.15) is 5.82 Å². The van der Waals surface area contributed by atoms with Gasteiger partial charge < -0.3 is 4.90 Å². The van der Waals surface area contributed by atoms with Gasteiger partial charge in [0.05, 0.1) is 24.2 Å². The van der Waals surface area contributed by atoms with Crippen molar-refractivity contribution in [2.75, 3.05) is 0 Å². The SMILES string of the molecule is CC(C)(C)C(=O)C1C(c2ccc(Br)cc2F)C(C#N)(C#N)C2c3ccccc3C=CN12. The van der Waals surface area contributed by atoms with Gasteiger partial charge in [-0.25, -0.2) is 4.39 Å². The standard InChI is InChI=1S/C25H21BrFN3O/c1-24(2,3)23(31)21-20(18-9-8-16(26)12-19(18)27)25(13-28,14-29)22-17-7-5-4-6-15(17)10-11-30(21)22/h4-12,20-22H,1-3H3. The van der Waals surface area contributed by atoms with Gasteiger partial charge >= 0.3 is 0 Å². The number of halogens is 2. The maximum absolute atomic E-state index is 15.2. The van der Waals surface area contributed by atoms with Gasteiger partial charge in [-0.05, 0) is 34.9 Å². The van der Waals surface area contributed by atoms with E-state index in [2.05, 4.69) is 28.1 Å². The Bertz CT molecular complexity index is 1170. The molecule has 0 aliphatic carbocycles. The zero-order valence-corrected chi connectivity index (χ0v) is 19.0. The number of fused-ring (bicyclic) bond motifs is 3. The molecule has 6 heteroatoms. The first-order chi connectivity index (χ1) is 14.7. The summed E-state index contributed by atoms with van der Waals surface area (Å²) in [7, 11) is 0. The second-order valence-electron chi connectivity index (χ2n) is 9.09. The molecule has 2 aromatic carbocycles. The molecular formula is C25H21BrFN3O. The minimum Gasteiger partial charge on any atom is -0.357 e. The van der Waals surface area contributed by atoms with Gasteiger partial charge in [-0.3, -0.25) is 4.79 Å². The third-order valence-corrected chi connectivity index (χ3v) is 6.74. The molecule has 1 fully saturated rings. The van der Waals surface area contributed by atoms with E-state index in [1.54, 1.807) is 44.0 Å². The van der Waals surface area contributed by atoms with Crippen LogP contribution in [0.25, 0.3) is 6.08 Å². The van der Waals surface area contributed by atoms with E-state index in [1.807, 2.05) is 30.3 Å². The van der Waals surface area contributed by atoms with Crippen LogP contribution in [0.2, 0.25) is 0 Å². The molecule has 3 atom stereocenters. The molecule has 0 radical (unpaired) electrons. The van der Waals surface area contributed by atoms with Crippen molar-refractivity contribution in [3.05, 3.63) is 75.6 Å². The highest BCUT2D eigenvalue weighted by atomic mass is 79.9. The van der Waals surface area contributed by atoms with Gasteiger partial charge in [0.25, 0.3) is 0 Å². The van der Waals surface area contributed by atoms with Gasteiger partial charge in [-0.1, -0.05) is 67.0 Å². The zero-order valence-electron chi connectivity index (χ0n) is 17.4. The van der Waals surface area contributed by atoms with E-state index >= 15 is 4.39 Å². The van der Waals surface area contributed by atoms with Crippen LogP contribution in [0.15, 0.2) is 53.1 Å². The first kappa shape index (κ1) is 21.3. The Balaban J connectivity index is 2.05. The number of nitriles is 2. The lowest BCUT2D eigenvalue weighted by Gasteiger charge is -2.36. The molecule has 2 aliphatic rings. The smallest absolute Gasteiger partial charge is 0.177 e. The number of benzene rings is 2. The molecule has 0 amide bonds. The van der Waals surface area contributed by atoms with Crippen LogP contribution < -0.4 is 0 Å². The fraction of sp³-hybridized carbons (Fsp3) is 0.320. The largest absolute Gasteiger partial charge is 0.357 e. The molecule has 0 aromatic heterocycles. The molecule has 156 valence electrons. The first-order valence-corrected chi connectivity index (χ1v) is 10.8. The molecule has 2 aromatic rings. The van der Waals surface area contributed by atoms with Gasteiger partial charge in [0.2, 0.25) is 0 Å². The van der Waals surface area contributed by atoms with Crippen molar-refractivity contribution >= 4 is 27.8 Å². The summed E-state index contributed by atoms with van der Waals surface area (Å²) in [5.41, 5.74) is -0.516. The van der Waals surface area contributed by atoms with Crippen LogP contribution in [0, 0.1) is 39.3 Å². The van der Waals surface area contributed by atoms with Crippen molar-refractivity contribution < 1.29 is 9.18 Å². The number of ketones is 1. The Morgan fingerprint density at radius 3 is 2.42 bits per heavy atom. The molecular weight excluding hydrogens is 457 g/mol. The minimum atomic E-state index is -1.65. The number of hydrogen-bond donors (Lipinski definition) is 0. The highest BCUT2D eigenvalue weighted by Crippen LogP contribution is 2.60. The molecule has 4 rings (SSSR count). The van der Waals surface area contributed by atoms with Gasteiger partial charge in [0.15, 0.2) is 11.2 Å². The normalized spacial score (nSPS) is 23.5. The van der Waals surface area contributed by atoms with E-state index in [9.17, 15) is 15.3 Å². The average Bonchev–Trinajstić information content (AvgIpc) is 3.03. The Morgan fingerprint density at radius 2 is 1.81 bits per heavy atom. The van der Waals surface area contributed by atoms with E-state index in [0.29, 0.717) is 4.47 Å². The zero-order chi connectivity index (χ0) is 22.6. The van der Waals surface area contributed by atoms with E-state index in [1.165, 1.54) is 6.07 Å². The Kier molecular flexibility index (Phi) is 5.03. The Morgan fingerprint density at radius 1 is 1.13 bits per heavy atom. The second-order valence-corrected chi connectivity index (χ2v) is 10.0. The third kappa shape index (κ3) is 3.09. The molecule has 4 nitrogen and oxygen atoms in total. The number of Topliss-reactive ketones (excluding diaryl/α,β-unsaturated/α-hetero) is 1. The first-order valence-electron chi connectivity index (χ1n) is 10.0. The minimum absolute atomic E-state index is 0.138. The van der Waals surface area contributed by atoms with E-state index in [4.69, 9.17) is 0 Å². The summed E-state index contributed by atoms with van der Waals surface area (Å²) >= 11 is 3.27. The maximum atomic E-state index is 15.2. The van der Waals surface area contributed by atoms with E-state index < -0.39 is 34.6 Å². The summed E-state index contributed by atoms with van der Waals surface area (Å²) in [6, 6.07) is 15.0. The summed E-state index contributed by atoms with van der Waals surface area (Å²) in [4.78, 5) is 15.5. The van der Waals surface area contributed by atoms with Crippen molar-refractivity contribution in [1.29, 1.82) is 10.5 Å². The van der Waals surface area contributed by atoms with Crippen LogP contribution >= 0.6 is 15.9 Å². The van der Waals surface area contributed by atoms with Crippen LogP contribution in [0.1, 0.15) is 49.4 Å². The Hall–Kier alpha value is -2.96. The second kappa shape index (κ2) is 7.32. The fourth-order valence-electron chi connectivity index (χ4n) is 4.84. The molecule has 0 bridgehead atoms. The van der Waals surface area contributed by atoms with Gasteiger partial charge in [-0.15, -0.1) is 0 Å². The van der Waals surface area contributed by atoms with Crippen LogP contribution in [0.4, 0.5) is 4.39 Å². The lowest BCUT2D eigenvalue weighted by molar-refractivity contribution is -0.130. The number of rotatable bonds is 2. The fourth-order valence-corrected chi connectivity index (χ4v) is 5.17. The van der Waals surface area contributed by atoms with Crippen LogP contribution in [0.5, 0.6) is 0 Å². The summed E-state index contributed by atoms with van der Waals surface area (Å²) in [5.74, 6) is -1.64. The molecule has 0 N–H and O–H groups in total. The predicted molar refractivity (Wildman–Crippen MR) is 119 cm³/mol. The number of carbonyl (C=O) groups excluding carboxylic acids is 1. The van der Waals surface area contributed by atoms with Gasteiger partial charge in [0, 0.05) is 22.0 Å². The molecule has 0 saturated carbocycles. The van der Waals surface area contributed by atoms with Crippen LogP contribution in [-0.4, -0.2) is 16.7 Å². The lowest BCUT2D eigenvalue weighted by Crippen LogP contribution is -2.43. The van der Waals surface area contributed by atoms with Crippen molar-refractivity contribution in [3.63, 3.8) is 0 Å². The molecule has 2 heterocycles. The van der Waals surface area contributed by atoms with Crippen molar-refractivity contribution in [2.24, 2.45) is 10.8 Å². The molecule has 31 heavy (non-hydrogen) atoms. The monoisotopic (exact) mass is 477 g/mol.